The Morgan fingerprint density at radius 3 is 2.60 bits per heavy atom. The molecule has 0 radical (unpaired) electrons. The number of nitrogens with zero attached hydrogens (tertiary/aromatic N) is 2. The Balaban J connectivity index is 2.35. The molecule has 1 aromatic carbocycles. The molecule has 20 heavy (non-hydrogen) atoms. The second-order valence-corrected chi connectivity index (χ2v) is 5.94. The average molecular weight is 272 g/mol. The van der Waals surface area contributed by atoms with E-state index in [1.165, 1.54) is 19.3 Å². The van der Waals surface area contributed by atoms with Crippen molar-refractivity contribution in [3.63, 3.8) is 0 Å². The Kier molecular flexibility index (Phi) is 4.35. The number of aliphatic hydroxyl groups excluding tert-OH is 1. The molecular formula is C17H24N2O. The van der Waals surface area contributed by atoms with Crippen molar-refractivity contribution in [1.82, 2.24) is 0 Å². The Morgan fingerprint density at radius 1 is 1.40 bits per heavy atom. The number of hydrogen-bond acceptors (Lipinski definition) is 3. The van der Waals surface area contributed by atoms with Gasteiger partial charge in [-0.2, -0.15) is 5.26 Å². The largest absolute Gasteiger partial charge is 0.389 e. The van der Waals surface area contributed by atoms with Crippen LogP contribution in [0.15, 0.2) is 18.2 Å². The zero-order valence-electron chi connectivity index (χ0n) is 12.7. The van der Waals surface area contributed by atoms with Crippen LogP contribution in [0, 0.1) is 16.7 Å². The number of benzene rings is 1. The van der Waals surface area contributed by atoms with Gasteiger partial charge in [0.1, 0.15) is 0 Å². The van der Waals surface area contributed by atoms with E-state index in [2.05, 4.69) is 24.8 Å². The van der Waals surface area contributed by atoms with Gasteiger partial charge >= 0.3 is 0 Å². The molecule has 1 atom stereocenters. The summed E-state index contributed by atoms with van der Waals surface area (Å²) in [4.78, 5) is 2.34. The topological polar surface area (TPSA) is 47.3 Å². The molecule has 0 saturated carbocycles. The van der Waals surface area contributed by atoms with E-state index < -0.39 is 6.10 Å². The molecule has 1 saturated heterocycles. The van der Waals surface area contributed by atoms with Crippen LogP contribution < -0.4 is 4.90 Å². The summed E-state index contributed by atoms with van der Waals surface area (Å²) in [5.41, 5.74) is 3.00. The zero-order chi connectivity index (χ0) is 14.8. The van der Waals surface area contributed by atoms with Gasteiger partial charge in [0.2, 0.25) is 0 Å². The SMILES string of the molecule is CCC1(CC)CCN(c2cc(C#N)ccc2C(C)O)C1. The van der Waals surface area contributed by atoms with E-state index in [0.717, 1.165) is 24.3 Å². The fourth-order valence-corrected chi connectivity index (χ4v) is 3.21. The first-order valence-corrected chi connectivity index (χ1v) is 7.52. The average Bonchev–Trinajstić information content (AvgIpc) is 2.91. The van der Waals surface area contributed by atoms with Gasteiger partial charge in [-0.05, 0) is 43.7 Å². The van der Waals surface area contributed by atoms with Crippen molar-refractivity contribution in [2.24, 2.45) is 5.41 Å². The zero-order valence-corrected chi connectivity index (χ0v) is 12.7. The molecule has 0 aliphatic carbocycles. The van der Waals surface area contributed by atoms with E-state index in [1.54, 1.807) is 13.0 Å². The molecule has 3 heteroatoms. The fraction of sp³-hybridized carbons (Fsp3) is 0.588. The van der Waals surface area contributed by atoms with E-state index in [9.17, 15) is 5.11 Å². The molecule has 0 aromatic heterocycles. The van der Waals surface area contributed by atoms with Crippen molar-refractivity contribution in [3.05, 3.63) is 29.3 Å². The van der Waals surface area contributed by atoms with Crippen LogP contribution in [0.25, 0.3) is 0 Å². The third-order valence-corrected chi connectivity index (χ3v) is 4.89. The third kappa shape index (κ3) is 2.66. The van der Waals surface area contributed by atoms with Crippen molar-refractivity contribution in [3.8, 4) is 6.07 Å². The highest BCUT2D eigenvalue weighted by molar-refractivity contribution is 5.59. The molecule has 3 nitrogen and oxygen atoms in total. The predicted molar refractivity (Wildman–Crippen MR) is 81.6 cm³/mol. The minimum absolute atomic E-state index is 0.388. The Bertz CT molecular complexity index is 512. The maximum Gasteiger partial charge on any atom is 0.0992 e. The molecule has 1 N–H and O–H groups in total. The smallest absolute Gasteiger partial charge is 0.0992 e. The Labute approximate surface area is 121 Å². The highest BCUT2D eigenvalue weighted by Gasteiger charge is 2.35. The summed E-state index contributed by atoms with van der Waals surface area (Å²) >= 11 is 0. The molecule has 1 aliphatic rings. The van der Waals surface area contributed by atoms with Crippen LogP contribution >= 0.6 is 0 Å². The monoisotopic (exact) mass is 272 g/mol. The van der Waals surface area contributed by atoms with Crippen molar-refractivity contribution in [2.75, 3.05) is 18.0 Å². The lowest BCUT2D eigenvalue weighted by Crippen LogP contribution is -2.27. The highest BCUT2D eigenvalue weighted by atomic mass is 16.3. The van der Waals surface area contributed by atoms with Crippen LogP contribution in [0.1, 0.15) is 57.3 Å². The molecule has 0 bridgehead atoms. The van der Waals surface area contributed by atoms with Crippen LogP contribution in [-0.4, -0.2) is 18.2 Å². The standard InChI is InChI=1S/C17H24N2O/c1-4-17(5-2)8-9-19(12-17)16-10-14(11-18)6-7-15(16)13(3)20/h6-7,10,13,20H,4-5,8-9,12H2,1-3H3. The molecular weight excluding hydrogens is 248 g/mol. The van der Waals surface area contributed by atoms with Crippen LogP contribution in [-0.2, 0) is 0 Å². The molecule has 1 aromatic rings. The van der Waals surface area contributed by atoms with E-state index in [-0.39, 0.29) is 0 Å². The molecule has 0 amide bonds. The van der Waals surface area contributed by atoms with E-state index in [1.807, 2.05) is 12.1 Å². The van der Waals surface area contributed by atoms with Gasteiger partial charge in [0.05, 0.1) is 17.7 Å². The first kappa shape index (κ1) is 14.9. The quantitative estimate of drug-likeness (QED) is 0.910. The highest BCUT2D eigenvalue weighted by Crippen LogP contribution is 2.41. The maximum absolute atomic E-state index is 9.96. The Morgan fingerprint density at radius 2 is 2.10 bits per heavy atom. The fourth-order valence-electron chi connectivity index (χ4n) is 3.21. The van der Waals surface area contributed by atoms with Gasteiger partial charge in [-0.25, -0.2) is 0 Å². The van der Waals surface area contributed by atoms with E-state index >= 15 is 0 Å². The van der Waals surface area contributed by atoms with Gasteiger partial charge in [0, 0.05) is 24.3 Å². The molecule has 1 heterocycles. The van der Waals surface area contributed by atoms with Crippen LogP contribution in [0.3, 0.4) is 0 Å². The summed E-state index contributed by atoms with van der Waals surface area (Å²) in [6.07, 6.45) is 3.05. The lowest BCUT2D eigenvalue weighted by molar-refractivity contribution is 0.199. The van der Waals surface area contributed by atoms with Crippen molar-refractivity contribution in [1.29, 1.82) is 5.26 Å². The normalized spacial score (nSPS) is 18.9. The van der Waals surface area contributed by atoms with E-state index in [0.29, 0.717) is 11.0 Å². The van der Waals surface area contributed by atoms with Crippen LogP contribution in [0.4, 0.5) is 5.69 Å². The minimum Gasteiger partial charge on any atom is -0.389 e. The van der Waals surface area contributed by atoms with Gasteiger partial charge < -0.3 is 10.0 Å². The minimum atomic E-state index is -0.504. The van der Waals surface area contributed by atoms with Gasteiger partial charge in [0.25, 0.3) is 0 Å². The van der Waals surface area contributed by atoms with Crippen molar-refractivity contribution < 1.29 is 5.11 Å². The molecule has 0 spiro atoms. The lowest BCUT2D eigenvalue weighted by atomic mass is 9.82. The second-order valence-electron chi connectivity index (χ2n) is 5.94. The summed E-state index contributed by atoms with van der Waals surface area (Å²) in [5.74, 6) is 0. The summed E-state index contributed by atoms with van der Waals surface area (Å²) in [7, 11) is 0. The second kappa shape index (κ2) is 5.85. The number of nitriles is 1. The van der Waals surface area contributed by atoms with E-state index in [4.69, 9.17) is 5.26 Å². The third-order valence-electron chi connectivity index (χ3n) is 4.89. The summed E-state index contributed by atoms with van der Waals surface area (Å²) in [6.45, 7) is 8.33. The summed E-state index contributed by atoms with van der Waals surface area (Å²) in [6, 6.07) is 7.79. The van der Waals surface area contributed by atoms with Gasteiger partial charge in [-0.3, -0.25) is 0 Å². The van der Waals surface area contributed by atoms with Gasteiger partial charge in [-0.15, -0.1) is 0 Å². The first-order valence-electron chi connectivity index (χ1n) is 7.52. The number of rotatable bonds is 4. The van der Waals surface area contributed by atoms with Crippen molar-refractivity contribution in [2.45, 2.75) is 46.1 Å². The summed E-state index contributed by atoms with van der Waals surface area (Å²) in [5, 5.41) is 19.1. The van der Waals surface area contributed by atoms with Gasteiger partial charge in [0.15, 0.2) is 0 Å². The summed E-state index contributed by atoms with van der Waals surface area (Å²) < 4.78 is 0. The number of anilines is 1. The molecule has 1 unspecified atom stereocenters. The van der Waals surface area contributed by atoms with Crippen LogP contribution in [0.5, 0.6) is 0 Å². The molecule has 1 fully saturated rings. The Hall–Kier alpha value is -1.53. The first-order chi connectivity index (χ1) is 9.55. The van der Waals surface area contributed by atoms with Crippen molar-refractivity contribution >= 4 is 5.69 Å². The number of aliphatic hydroxyl groups is 1. The van der Waals surface area contributed by atoms with Crippen LogP contribution in [0.2, 0.25) is 0 Å². The molecule has 2 rings (SSSR count). The lowest BCUT2D eigenvalue weighted by Gasteiger charge is -2.28. The molecule has 108 valence electrons. The molecule has 1 aliphatic heterocycles. The van der Waals surface area contributed by atoms with Gasteiger partial charge in [-0.1, -0.05) is 19.9 Å². The number of hydrogen-bond donors (Lipinski definition) is 1. The predicted octanol–water partition coefficient (Wildman–Crippen LogP) is 3.63. The maximum atomic E-state index is 9.96.